The summed E-state index contributed by atoms with van der Waals surface area (Å²) in [6, 6.07) is 15.6. The number of nitrogens with one attached hydrogen (secondary N) is 1. The minimum atomic E-state index is -0.242. The highest BCUT2D eigenvalue weighted by Gasteiger charge is 2.21. The van der Waals surface area contributed by atoms with Crippen molar-refractivity contribution in [3.05, 3.63) is 66.0 Å². The van der Waals surface area contributed by atoms with Gasteiger partial charge in [0.15, 0.2) is 5.78 Å². The van der Waals surface area contributed by atoms with Crippen molar-refractivity contribution in [1.82, 2.24) is 15.0 Å². The zero-order valence-electron chi connectivity index (χ0n) is 14.0. The molecule has 2 aromatic heterocycles. The minimum Gasteiger partial charge on any atom is -0.360 e. The van der Waals surface area contributed by atoms with E-state index in [-0.39, 0.29) is 11.0 Å². The average Bonchev–Trinajstić information content (AvgIpc) is 3.05. The number of para-hydroxylation sites is 3. The summed E-state index contributed by atoms with van der Waals surface area (Å²) in [6.07, 6.45) is 1.79. The molecule has 0 aliphatic heterocycles. The molecule has 0 fully saturated rings. The lowest BCUT2D eigenvalue weighted by molar-refractivity contribution is 0.0995. The molecular formula is C20H17N3OS. The van der Waals surface area contributed by atoms with Gasteiger partial charge >= 0.3 is 0 Å². The van der Waals surface area contributed by atoms with Crippen molar-refractivity contribution in [2.24, 2.45) is 0 Å². The van der Waals surface area contributed by atoms with Crippen LogP contribution in [0.3, 0.4) is 0 Å². The summed E-state index contributed by atoms with van der Waals surface area (Å²) in [7, 11) is 0. The zero-order chi connectivity index (χ0) is 17.4. The number of ketones is 1. The Hall–Kier alpha value is -2.66. The summed E-state index contributed by atoms with van der Waals surface area (Å²) in [5, 5.41) is 1.52. The van der Waals surface area contributed by atoms with Gasteiger partial charge in [-0.25, -0.2) is 9.97 Å². The number of carbonyl (C=O) groups excluding carboxylic acids is 1. The van der Waals surface area contributed by atoms with Crippen LogP contribution in [0, 0.1) is 6.92 Å². The highest BCUT2D eigenvalue weighted by molar-refractivity contribution is 8.00. The molecule has 1 unspecified atom stereocenters. The maximum atomic E-state index is 12.9. The van der Waals surface area contributed by atoms with Crippen LogP contribution in [0.15, 0.2) is 59.8 Å². The Morgan fingerprint density at radius 1 is 1.04 bits per heavy atom. The van der Waals surface area contributed by atoms with E-state index in [0.717, 1.165) is 38.2 Å². The molecule has 0 bridgehead atoms. The fourth-order valence-electron chi connectivity index (χ4n) is 2.90. The molecule has 1 N–H and O–H groups in total. The van der Waals surface area contributed by atoms with Crippen molar-refractivity contribution in [3.63, 3.8) is 0 Å². The van der Waals surface area contributed by atoms with Gasteiger partial charge in [0.25, 0.3) is 0 Å². The largest absolute Gasteiger partial charge is 0.360 e. The minimum absolute atomic E-state index is 0.0943. The third-order valence-corrected chi connectivity index (χ3v) is 5.39. The van der Waals surface area contributed by atoms with Crippen LogP contribution >= 0.6 is 11.8 Å². The Kier molecular flexibility index (Phi) is 4.01. The lowest BCUT2D eigenvalue weighted by Crippen LogP contribution is -2.13. The SMILES string of the molecule is Cc1nc2ccccc2nc1SC(C)C(=O)c1c[nH]c2ccccc12. The van der Waals surface area contributed by atoms with Crippen molar-refractivity contribution in [2.75, 3.05) is 0 Å². The van der Waals surface area contributed by atoms with E-state index in [0.29, 0.717) is 0 Å². The lowest BCUT2D eigenvalue weighted by Gasteiger charge is -2.11. The van der Waals surface area contributed by atoms with Crippen molar-refractivity contribution >= 4 is 39.5 Å². The van der Waals surface area contributed by atoms with Crippen molar-refractivity contribution < 1.29 is 4.79 Å². The van der Waals surface area contributed by atoms with Gasteiger partial charge < -0.3 is 4.98 Å². The molecule has 2 heterocycles. The fourth-order valence-corrected chi connectivity index (χ4v) is 3.84. The van der Waals surface area contributed by atoms with E-state index in [1.165, 1.54) is 11.8 Å². The van der Waals surface area contributed by atoms with Crippen LogP contribution < -0.4 is 0 Å². The van der Waals surface area contributed by atoms with Crippen molar-refractivity contribution in [2.45, 2.75) is 24.1 Å². The third-order valence-electron chi connectivity index (χ3n) is 4.21. The van der Waals surface area contributed by atoms with Gasteiger partial charge in [-0.15, -0.1) is 0 Å². The maximum Gasteiger partial charge on any atom is 0.178 e. The van der Waals surface area contributed by atoms with E-state index >= 15 is 0 Å². The molecule has 4 nitrogen and oxygen atoms in total. The van der Waals surface area contributed by atoms with E-state index in [1.54, 1.807) is 6.20 Å². The topological polar surface area (TPSA) is 58.6 Å². The number of aromatic nitrogens is 3. The summed E-state index contributed by atoms with van der Waals surface area (Å²) < 4.78 is 0. The van der Waals surface area contributed by atoms with Crippen LogP contribution in [0.2, 0.25) is 0 Å². The highest BCUT2D eigenvalue weighted by Crippen LogP contribution is 2.29. The number of rotatable bonds is 4. The van der Waals surface area contributed by atoms with Crippen LogP contribution in [0.25, 0.3) is 21.9 Å². The number of benzene rings is 2. The van der Waals surface area contributed by atoms with Gasteiger partial charge in [-0.1, -0.05) is 42.1 Å². The van der Waals surface area contributed by atoms with Gasteiger partial charge in [-0.3, -0.25) is 4.79 Å². The zero-order valence-corrected chi connectivity index (χ0v) is 14.8. The number of hydrogen-bond acceptors (Lipinski definition) is 4. The Labute approximate surface area is 149 Å². The third kappa shape index (κ3) is 2.91. The molecule has 0 saturated heterocycles. The van der Waals surface area contributed by atoms with Crippen LogP contribution in [-0.4, -0.2) is 26.0 Å². The van der Waals surface area contributed by atoms with E-state index < -0.39 is 0 Å². The van der Waals surface area contributed by atoms with Crippen molar-refractivity contribution in [1.29, 1.82) is 0 Å². The van der Waals surface area contributed by atoms with E-state index in [4.69, 9.17) is 0 Å². The van der Waals surface area contributed by atoms with E-state index in [1.807, 2.05) is 62.4 Å². The lowest BCUT2D eigenvalue weighted by atomic mass is 10.1. The van der Waals surface area contributed by atoms with Gasteiger partial charge in [0.2, 0.25) is 0 Å². The second kappa shape index (κ2) is 6.33. The number of hydrogen-bond donors (Lipinski definition) is 1. The van der Waals surface area contributed by atoms with Gasteiger partial charge in [-0.05, 0) is 32.0 Å². The predicted molar refractivity (Wildman–Crippen MR) is 102 cm³/mol. The summed E-state index contributed by atoms with van der Waals surface area (Å²) in [5.41, 5.74) is 4.27. The Morgan fingerprint density at radius 3 is 2.52 bits per heavy atom. The number of fused-ring (bicyclic) bond motifs is 2. The Morgan fingerprint density at radius 2 is 1.72 bits per heavy atom. The van der Waals surface area contributed by atoms with Crippen LogP contribution in [0.1, 0.15) is 23.0 Å². The predicted octanol–water partition coefficient (Wildman–Crippen LogP) is 4.78. The monoisotopic (exact) mass is 347 g/mol. The molecule has 5 heteroatoms. The van der Waals surface area contributed by atoms with Gasteiger partial charge in [-0.2, -0.15) is 0 Å². The van der Waals surface area contributed by atoms with Crippen LogP contribution in [-0.2, 0) is 0 Å². The number of aryl methyl sites for hydroxylation is 1. The second-order valence-electron chi connectivity index (χ2n) is 5.98. The first-order valence-electron chi connectivity index (χ1n) is 8.14. The molecule has 0 aliphatic rings. The van der Waals surface area contributed by atoms with Crippen LogP contribution in [0.5, 0.6) is 0 Å². The Bertz CT molecular complexity index is 1090. The fraction of sp³-hybridized carbons (Fsp3) is 0.150. The molecule has 0 radical (unpaired) electrons. The molecule has 0 amide bonds. The van der Waals surface area contributed by atoms with Crippen LogP contribution in [0.4, 0.5) is 0 Å². The van der Waals surface area contributed by atoms with Crippen molar-refractivity contribution in [3.8, 4) is 0 Å². The summed E-state index contributed by atoms with van der Waals surface area (Å²) in [5.74, 6) is 0.0943. The standard InChI is InChI=1S/C20H17N3OS/c1-12-20(23-18-10-6-5-9-17(18)22-12)25-13(2)19(24)15-11-21-16-8-4-3-7-14(15)16/h3-11,13,21H,1-2H3. The maximum absolute atomic E-state index is 12.9. The number of aromatic amines is 1. The number of H-pyrrole nitrogens is 1. The van der Waals surface area contributed by atoms with Gasteiger partial charge in [0, 0.05) is 22.7 Å². The van der Waals surface area contributed by atoms with E-state index in [9.17, 15) is 4.79 Å². The molecule has 0 saturated carbocycles. The molecule has 0 spiro atoms. The molecule has 4 aromatic rings. The number of carbonyl (C=O) groups is 1. The van der Waals surface area contributed by atoms with E-state index in [2.05, 4.69) is 15.0 Å². The average molecular weight is 347 g/mol. The molecule has 25 heavy (non-hydrogen) atoms. The first-order chi connectivity index (χ1) is 12.1. The molecular weight excluding hydrogens is 330 g/mol. The number of Topliss-reactive ketones (excluding diaryl/α,β-unsaturated/α-hetero) is 1. The molecule has 4 rings (SSSR count). The highest BCUT2D eigenvalue weighted by atomic mass is 32.2. The molecule has 2 aromatic carbocycles. The van der Waals surface area contributed by atoms with Gasteiger partial charge in [0.1, 0.15) is 5.03 Å². The van der Waals surface area contributed by atoms with Gasteiger partial charge in [0.05, 0.1) is 22.0 Å². The quantitative estimate of drug-likeness (QED) is 0.426. The molecule has 1 atom stereocenters. The number of nitrogens with zero attached hydrogens (tertiary/aromatic N) is 2. The first-order valence-corrected chi connectivity index (χ1v) is 9.02. The first kappa shape index (κ1) is 15.8. The summed E-state index contributed by atoms with van der Waals surface area (Å²) in [6.45, 7) is 3.86. The Balaban J connectivity index is 1.64. The summed E-state index contributed by atoms with van der Waals surface area (Å²) >= 11 is 1.46. The normalized spacial score (nSPS) is 12.6. The molecule has 124 valence electrons. The second-order valence-corrected chi connectivity index (χ2v) is 7.30. The number of thioether (sulfide) groups is 1. The summed E-state index contributed by atoms with van der Waals surface area (Å²) in [4.78, 5) is 25.4. The molecule has 0 aliphatic carbocycles. The smallest absolute Gasteiger partial charge is 0.178 e.